The van der Waals surface area contributed by atoms with Crippen LogP contribution in [0.3, 0.4) is 0 Å². The summed E-state index contributed by atoms with van der Waals surface area (Å²) < 4.78 is 25.3. The number of aryl methyl sites for hydroxylation is 1. The van der Waals surface area contributed by atoms with Crippen LogP contribution in [0, 0.1) is 6.92 Å². The fourth-order valence-electron chi connectivity index (χ4n) is 1.44. The Bertz CT molecular complexity index is 410. The summed E-state index contributed by atoms with van der Waals surface area (Å²) in [5, 5.41) is 8.68. The summed E-state index contributed by atoms with van der Waals surface area (Å²) in [5.74, 6) is -1.19. The van der Waals surface area contributed by atoms with Crippen molar-refractivity contribution in [1.29, 1.82) is 0 Å². The molecule has 1 aromatic rings. The lowest BCUT2D eigenvalue weighted by Crippen LogP contribution is -2.09. The number of pyridine rings is 1. The van der Waals surface area contributed by atoms with Crippen molar-refractivity contribution in [3.8, 4) is 0 Å². The maximum absolute atomic E-state index is 12.6. The molecule has 88 valence electrons. The molecule has 0 saturated heterocycles. The number of rotatable bonds is 4. The Morgan fingerprint density at radius 2 is 2.19 bits per heavy atom. The van der Waals surface area contributed by atoms with E-state index in [0.29, 0.717) is 11.3 Å². The molecule has 0 aromatic carbocycles. The molecule has 0 saturated carbocycles. The van der Waals surface area contributed by atoms with Crippen molar-refractivity contribution in [3.63, 3.8) is 0 Å². The highest BCUT2D eigenvalue weighted by molar-refractivity contribution is 6.17. The third-order valence-electron chi connectivity index (χ3n) is 2.24. The molecule has 1 rings (SSSR count). The van der Waals surface area contributed by atoms with E-state index < -0.39 is 18.8 Å². The predicted molar refractivity (Wildman–Crippen MR) is 54.8 cm³/mol. The van der Waals surface area contributed by atoms with Crippen molar-refractivity contribution >= 4 is 17.6 Å². The van der Waals surface area contributed by atoms with Crippen LogP contribution in [0.15, 0.2) is 6.20 Å². The highest BCUT2D eigenvalue weighted by Crippen LogP contribution is 2.27. The summed E-state index contributed by atoms with van der Waals surface area (Å²) in [6, 6.07) is 0. The highest BCUT2D eigenvalue weighted by Gasteiger charge is 2.20. The van der Waals surface area contributed by atoms with Gasteiger partial charge >= 0.3 is 5.97 Å². The lowest BCUT2D eigenvalue weighted by atomic mass is 10.00. The first-order valence-electron chi connectivity index (χ1n) is 4.50. The van der Waals surface area contributed by atoms with Crippen LogP contribution in [0.2, 0.25) is 0 Å². The van der Waals surface area contributed by atoms with Crippen molar-refractivity contribution in [1.82, 2.24) is 4.98 Å². The van der Waals surface area contributed by atoms with Gasteiger partial charge in [-0.25, -0.2) is 8.78 Å². The standard InChI is InChI=1S/C10H10ClF2NO2/c1-5-7(3-11)6(2-9(15)16)8(4-14-5)10(12)13/h4,10H,2-3H2,1H3,(H,15,16). The largest absolute Gasteiger partial charge is 0.481 e. The minimum atomic E-state index is -2.75. The van der Waals surface area contributed by atoms with Crippen molar-refractivity contribution in [2.24, 2.45) is 0 Å². The molecule has 0 atom stereocenters. The summed E-state index contributed by atoms with van der Waals surface area (Å²) in [5.41, 5.74) is 0.575. The number of alkyl halides is 3. The van der Waals surface area contributed by atoms with Gasteiger partial charge in [0.1, 0.15) is 0 Å². The lowest BCUT2D eigenvalue weighted by Gasteiger charge is -2.12. The molecule has 1 heterocycles. The molecule has 6 heteroatoms. The summed E-state index contributed by atoms with van der Waals surface area (Å²) in [4.78, 5) is 14.4. The van der Waals surface area contributed by atoms with Crippen LogP contribution in [0.4, 0.5) is 8.78 Å². The maximum Gasteiger partial charge on any atom is 0.307 e. The number of hydrogen-bond donors (Lipinski definition) is 1. The van der Waals surface area contributed by atoms with Crippen LogP contribution in [0.1, 0.15) is 28.8 Å². The smallest absolute Gasteiger partial charge is 0.307 e. The van der Waals surface area contributed by atoms with E-state index in [-0.39, 0.29) is 17.0 Å². The average Bonchev–Trinajstić information content (AvgIpc) is 2.16. The van der Waals surface area contributed by atoms with E-state index in [1.807, 2.05) is 0 Å². The van der Waals surface area contributed by atoms with Crippen molar-refractivity contribution < 1.29 is 18.7 Å². The van der Waals surface area contributed by atoms with Crippen LogP contribution in [0.25, 0.3) is 0 Å². The number of carboxylic acid groups (broad SMARTS) is 1. The molecule has 0 aliphatic rings. The second-order valence-electron chi connectivity index (χ2n) is 3.26. The van der Waals surface area contributed by atoms with Crippen molar-refractivity contribution in [3.05, 3.63) is 28.6 Å². The Balaban J connectivity index is 3.34. The van der Waals surface area contributed by atoms with Gasteiger partial charge in [0.2, 0.25) is 0 Å². The maximum atomic E-state index is 12.6. The molecular weight excluding hydrogens is 240 g/mol. The number of halogens is 3. The first kappa shape index (κ1) is 12.8. The molecule has 0 aliphatic heterocycles. The zero-order valence-corrected chi connectivity index (χ0v) is 9.26. The molecule has 0 unspecified atom stereocenters. The Labute approximate surface area is 96.1 Å². The minimum Gasteiger partial charge on any atom is -0.481 e. The third kappa shape index (κ3) is 2.66. The zero-order valence-electron chi connectivity index (χ0n) is 8.51. The predicted octanol–water partition coefficient (Wildman–Crippen LogP) is 2.69. The van der Waals surface area contributed by atoms with Gasteiger partial charge in [-0.2, -0.15) is 0 Å². The fraction of sp³-hybridized carbons (Fsp3) is 0.400. The lowest BCUT2D eigenvalue weighted by molar-refractivity contribution is -0.136. The van der Waals surface area contributed by atoms with E-state index in [4.69, 9.17) is 16.7 Å². The zero-order chi connectivity index (χ0) is 12.3. The summed E-state index contributed by atoms with van der Waals surface area (Å²) in [7, 11) is 0. The van der Waals surface area contributed by atoms with Crippen LogP contribution in [0.5, 0.6) is 0 Å². The fourth-order valence-corrected chi connectivity index (χ4v) is 1.79. The molecule has 0 radical (unpaired) electrons. The first-order valence-corrected chi connectivity index (χ1v) is 5.04. The van der Waals surface area contributed by atoms with Gasteiger partial charge in [0.05, 0.1) is 6.42 Å². The van der Waals surface area contributed by atoms with E-state index >= 15 is 0 Å². The van der Waals surface area contributed by atoms with Crippen molar-refractivity contribution in [2.75, 3.05) is 0 Å². The number of aliphatic carboxylic acids is 1. The minimum absolute atomic E-state index is 0.0258. The van der Waals surface area contributed by atoms with E-state index in [0.717, 1.165) is 6.20 Å². The Kier molecular flexibility index (Phi) is 4.18. The summed E-state index contributed by atoms with van der Waals surface area (Å²) >= 11 is 5.62. The SMILES string of the molecule is Cc1ncc(C(F)F)c(CC(=O)O)c1CCl. The topological polar surface area (TPSA) is 50.2 Å². The second-order valence-corrected chi connectivity index (χ2v) is 3.53. The summed E-state index contributed by atoms with van der Waals surface area (Å²) in [6.45, 7) is 1.61. The number of hydrogen-bond acceptors (Lipinski definition) is 2. The molecule has 1 aromatic heterocycles. The highest BCUT2D eigenvalue weighted by atomic mass is 35.5. The van der Waals surface area contributed by atoms with Gasteiger partial charge in [0, 0.05) is 23.3 Å². The average molecular weight is 250 g/mol. The second kappa shape index (κ2) is 5.21. The molecular formula is C10H10ClF2NO2. The Morgan fingerprint density at radius 1 is 1.56 bits per heavy atom. The van der Waals surface area contributed by atoms with Crippen LogP contribution in [-0.2, 0) is 17.1 Å². The molecule has 0 fully saturated rings. The van der Waals surface area contributed by atoms with Gasteiger partial charge in [-0.1, -0.05) is 0 Å². The number of carboxylic acids is 1. The number of carbonyl (C=O) groups is 1. The Hall–Kier alpha value is -1.23. The summed E-state index contributed by atoms with van der Waals surface area (Å²) in [6.07, 6.45) is -2.20. The third-order valence-corrected chi connectivity index (χ3v) is 2.51. The van der Waals surface area contributed by atoms with Gasteiger partial charge in [0.25, 0.3) is 6.43 Å². The normalized spacial score (nSPS) is 10.8. The van der Waals surface area contributed by atoms with Crippen LogP contribution < -0.4 is 0 Å². The van der Waals surface area contributed by atoms with Gasteiger partial charge < -0.3 is 5.11 Å². The van der Waals surface area contributed by atoms with Crippen molar-refractivity contribution in [2.45, 2.75) is 25.7 Å². The van der Waals surface area contributed by atoms with Gasteiger partial charge in [-0.3, -0.25) is 9.78 Å². The quantitative estimate of drug-likeness (QED) is 0.835. The van der Waals surface area contributed by atoms with Crippen LogP contribution >= 0.6 is 11.6 Å². The monoisotopic (exact) mass is 249 g/mol. The van der Waals surface area contributed by atoms with Crippen LogP contribution in [-0.4, -0.2) is 16.1 Å². The molecule has 1 N–H and O–H groups in total. The van der Waals surface area contributed by atoms with Gasteiger partial charge in [-0.05, 0) is 18.1 Å². The number of aromatic nitrogens is 1. The van der Waals surface area contributed by atoms with Gasteiger partial charge in [0.15, 0.2) is 0 Å². The Morgan fingerprint density at radius 3 is 2.62 bits per heavy atom. The molecule has 0 amide bonds. The molecule has 0 bridgehead atoms. The molecule has 0 aliphatic carbocycles. The number of nitrogens with zero attached hydrogens (tertiary/aromatic N) is 1. The molecule has 3 nitrogen and oxygen atoms in total. The van der Waals surface area contributed by atoms with Gasteiger partial charge in [-0.15, -0.1) is 11.6 Å². The first-order chi connectivity index (χ1) is 7.47. The van der Waals surface area contributed by atoms with E-state index in [9.17, 15) is 13.6 Å². The van der Waals surface area contributed by atoms with E-state index in [1.54, 1.807) is 6.92 Å². The van der Waals surface area contributed by atoms with E-state index in [1.165, 1.54) is 0 Å². The molecule has 16 heavy (non-hydrogen) atoms. The molecule has 0 spiro atoms. The van der Waals surface area contributed by atoms with E-state index in [2.05, 4.69) is 4.98 Å².